The molecular weight excluding hydrogens is 1920 g/mol. The van der Waals surface area contributed by atoms with Gasteiger partial charge in [0, 0.05) is 206 Å². The van der Waals surface area contributed by atoms with E-state index in [9.17, 15) is 0 Å². The molecule has 15 aromatic heterocycles. The van der Waals surface area contributed by atoms with Gasteiger partial charge in [-0.2, -0.15) is 10.2 Å². The van der Waals surface area contributed by atoms with Gasteiger partial charge in [0.25, 0.3) is 0 Å². The maximum absolute atomic E-state index is 6.54. The summed E-state index contributed by atoms with van der Waals surface area (Å²) in [5, 5.41) is 30.7. The molecule has 0 radical (unpaired) electrons. The highest BCUT2D eigenvalue weighted by Gasteiger charge is 2.51. The van der Waals surface area contributed by atoms with Crippen molar-refractivity contribution in [1.82, 2.24) is 127 Å². The highest BCUT2D eigenvalue weighted by Crippen LogP contribution is 2.54. The molecule has 0 amide bonds. The van der Waals surface area contributed by atoms with Crippen LogP contribution in [0, 0.1) is 75.5 Å². The van der Waals surface area contributed by atoms with Gasteiger partial charge in [-0.15, -0.1) is 11.3 Å². The van der Waals surface area contributed by atoms with Gasteiger partial charge in [0.15, 0.2) is 11.3 Å². The van der Waals surface area contributed by atoms with Crippen LogP contribution in [0.5, 0.6) is 0 Å². The number of fused-ring (bicyclic) bond motifs is 6. The molecule has 5 aliphatic carbocycles. The van der Waals surface area contributed by atoms with Crippen molar-refractivity contribution in [1.29, 1.82) is 0 Å². The zero-order valence-electron chi connectivity index (χ0n) is 88.0. The molecular formula is C112H144Cl3N31S. The summed E-state index contributed by atoms with van der Waals surface area (Å²) in [6.45, 7) is 25.1. The molecule has 5 aliphatic heterocycles. The predicted molar refractivity (Wildman–Crippen MR) is 593 cm³/mol. The van der Waals surface area contributed by atoms with E-state index in [0.29, 0.717) is 67.3 Å². The van der Waals surface area contributed by atoms with Crippen molar-refractivity contribution in [3.05, 3.63) is 189 Å². The third-order valence-corrected chi connectivity index (χ3v) is 38.8. The Kier molecular flexibility index (Phi) is 28.2. The zero-order valence-corrected chi connectivity index (χ0v) is 91.1. The number of hydrogen-bond donors (Lipinski definition) is 5. The molecule has 5 atom stereocenters. The van der Waals surface area contributed by atoms with E-state index in [4.69, 9.17) is 74.7 Å². The van der Waals surface area contributed by atoms with Crippen LogP contribution in [0.15, 0.2) is 135 Å². The topological polar surface area (TPSA) is 280 Å². The first kappa shape index (κ1) is 100. The van der Waals surface area contributed by atoms with Crippen molar-refractivity contribution >= 4 is 110 Å². The second-order valence-electron chi connectivity index (χ2n) is 43.7. The van der Waals surface area contributed by atoms with E-state index < -0.39 is 0 Å². The monoisotopic (exact) mass is 2060 g/mol. The van der Waals surface area contributed by atoms with Gasteiger partial charge in [-0.05, 0) is 274 Å². The van der Waals surface area contributed by atoms with Crippen molar-refractivity contribution < 1.29 is 0 Å². The molecule has 10 aliphatic rings. The summed E-state index contributed by atoms with van der Waals surface area (Å²) in [5.74, 6) is 5.03. The number of imidazole rings is 6. The van der Waals surface area contributed by atoms with Crippen LogP contribution >= 0.6 is 46.1 Å². The van der Waals surface area contributed by atoms with Crippen LogP contribution in [0.1, 0.15) is 200 Å². The van der Waals surface area contributed by atoms with Crippen LogP contribution in [-0.2, 0) is 14.1 Å². The molecule has 0 unspecified atom stereocenters. The van der Waals surface area contributed by atoms with E-state index >= 15 is 0 Å². The first-order chi connectivity index (χ1) is 71.4. The fraction of sp³-hybridized carbons (Fsp3) is 0.527. The van der Waals surface area contributed by atoms with Gasteiger partial charge < -0.3 is 51.1 Å². The van der Waals surface area contributed by atoms with Crippen LogP contribution < -0.4 is 51.1 Å². The van der Waals surface area contributed by atoms with Gasteiger partial charge in [0.2, 0.25) is 29.7 Å². The third-order valence-electron chi connectivity index (χ3n) is 36.6. The highest BCUT2D eigenvalue weighted by molar-refractivity contribution is 7.14. The molecule has 147 heavy (non-hydrogen) atoms. The largest absolute Gasteiger partial charge is 0.342 e. The zero-order chi connectivity index (χ0) is 102. The Labute approximate surface area is 881 Å². The summed E-state index contributed by atoms with van der Waals surface area (Å²) in [7, 11) is 14.6. The summed E-state index contributed by atoms with van der Waals surface area (Å²) in [5.41, 5.74) is 24.5. The molecule has 5 N–H and O–H groups in total. The van der Waals surface area contributed by atoms with Crippen LogP contribution in [0.3, 0.4) is 0 Å². The average molecular weight is 2060 g/mol. The number of anilines is 5. The minimum absolute atomic E-state index is 0.447. The lowest BCUT2D eigenvalue weighted by molar-refractivity contribution is 0.177. The lowest BCUT2D eigenvalue weighted by atomic mass is 9.74. The Morgan fingerprint density at radius 1 is 0.327 bits per heavy atom. The number of thiophene rings is 1. The van der Waals surface area contributed by atoms with Gasteiger partial charge in [-0.1, -0.05) is 85.1 Å². The van der Waals surface area contributed by atoms with E-state index in [-0.39, 0.29) is 0 Å². The molecule has 35 heteroatoms. The lowest BCUT2D eigenvalue weighted by Crippen LogP contribution is -2.48. The quantitative estimate of drug-likeness (QED) is 0.0638. The van der Waals surface area contributed by atoms with Crippen LogP contribution in [0.2, 0.25) is 15.1 Å². The standard InChI is InChI=1S/C24H29N7.C23H27Cl2N5.2C22H31N7.C21H26ClN5S/c1-17-21(18-16-27-20-7-3-4-12-30(18)20)22-26-11-15-31(22)23(28-17)29-13-9-24(10-14-29)8-5-6-19(24)25-2;1-15-19(16-5-3-6-17(24)20(16)25)21-27-11-14-30(21)22(28-15)29-12-9-23(10-13-29)8-4-7-18(23)26-2;1-15-19(17-14-25-27(4)16(17)2)20-24-10-13-29(20)21(26-15)28-11-8-22(9-12-28)7-5-6-18(22)23-3;1-15-14-25-27(4)19(15)18-16(2)26-21(29-13-10-24-20(18)29)28-11-8-22(9-12-28)7-5-6-17(22)23-3;1-14-17(18-15(22)5-13-28-18)19-24-9-12-27(19)20(25-14)26-10-7-21(8-11-26)6-3-4-16(21)23-2/h3-4,7,11-12,15-16,19,25H,5-6,8-10,13-14H2,1-2H3;3,5-6,11,14,18,26H,4,7-10,12-13H2,1-2H3;10,13-14,18,23H,5-9,11-12H2,1-4H3;10,13-14,17,23H,5-9,11-12H2,1-4H3;5,9,12-13,16,23H,3-4,6-8,10-11H2,1-2H3/t19-;2*18-;17-;16-/m11111/s1. The van der Waals surface area contributed by atoms with Crippen molar-refractivity contribution in [3.8, 4) is 55.2 Å². The molecule has 5 spiro atoms. The van der Waals surface area contributed by atoms with E-state index in [1.165, 1.54) is 161 Å². The van der Waals surface area contributed by atoms with Crippen molar-refractivity contribution in [2.45, 2.75) is 239 Å². The number of halogens is 3. The average Bonchev–Trinajstić information content (AvgIpc) is 1.60. The summed E-state index contributed by atoms with van der Waals surface area (Å²) < 4.78 is 16.7. The Morgan fingerprint density at radius 3 is 1.01 bits per heavy atom. The molecule has 20 heterocycles. The molecule has 1 aromatic carbocycles. The molecule has 16 aromatic rings. The SMILES string of the molecule is CN[C@@H]1CCCC12CCN(c1nc(C)c(-c3c(C)cnn3C)c3nccn13)CC2.CN[C@@H]1CCCC12CCN(c1nc(C)c(-c3cccc(Cl)c3Cl)c3nccn13)CC2.CN[C@@H]1CCCC12CCN(c1nc(C)c(-c3cnc4ccccn34)c3nccn13)CC2.CN[C@@H]1CCCC12CCN(c1nc(C)c(-c3cnn(C)c3C)c3nccn13)CC2.CN[C@@H]1CCCC12CCN(c1nc(C)c(-c3sccc3Cl)c3nccn13)CC2. The summed E-state index contributed by atoms with van der Waals surface area (Å²) in [4.78, 5) is 66.7. The Balaban J connectivity index is 0.000000104. The minimum Gasteiger partial charge on any atom is -0.342 e. The molecule has 31 nitrogen and oxygen atoms in total. The number of hydrogen-bond acceptors (Lipinski definition) is 24. The Bertz CT molecular complexity index is 7410. The maximum atomic E-state index is 6.54. The number of aromatic nitrogens is 21. The first-order valence-electron chi connectivity index (χ1n) is 53.8. The predicted octanol–water partition coefficient (Wildman–Crippen LogP) is 20.1. The maximum Gasteiger partial charge on any atom is 0.211 e. The highest BCUT2D eigenvalue weighted by atomic mass is 35.5. The second kappa shape index (κ2) is 41.3. The van der Waals surface area contributed by atoms with Gasteiger partial charge >= 0.3 is 0 Å². The van der Waals surface area contributed by atoms with E-state index in [1.807, 2.05) is 159 Å². The second-order valence-corrected chi connectivity index (χ2v) is 45.8. The van der Waals surface area contributed by atoms with Gasteiger partial charge in [0.1, 0.15) is 22.6 Å². The first-order valence-corrected chi connectivity index (χ1v) is 55.8. The minimum atomic E-state index is 0.447. The number of nitrogens with one attached hydrogen (secondary N) is 5. The number of aryl methyl sites for hydroxylation is 8. The number of benzene rings is 1. The Hall–Kier alpha value is -11.2. The number of rotatable bonds is 15. The number of pyridine rings is 1. The molecule has 10 fully saturated rings. The van der Waals surface area contributed by atoms with Crippen molar-refractivity contribution in [2.24, 2.45) is 41.2 Å². The van der Waals surface area contributed by atoms with Crippen LogP contribution in [0.4, 0.5) is 29.7 Å². The normalized spacial score (nSPS) is 21.4. The van der Waals surface area contributed by atoms with Crippen LogP contribution in [0.25, 0.3) is 89.1 Å². The smallest absolute Gasteiger partial charge is 0.211 e. The fourth-order valence-corrected chi connectivity index (χ4v) is 30.2. The van der Waals surface area contributed by atoms with Gasteiger partial charge in [0.05, 0.1) is 95.1 Å². The summed E-state index contributed by atoms with van der Waals surface area (Å²) >= 11 is 20.9. The summed E-state index contributed by atoms with van der Waals surface area (Å²) in [6, 6.07) is 17.0. The molecule has 5 saturated carbocycles. The van der Waals surface area contributed by atoms with Crippen molar-refractivity contribution in [2.75, 3.05) is 125 Å². The molecule has 5 saturated heterocycles. The Morgan fingerprint density at radius 2 is 0.667 bits per heavy atom. The van der Waals surface area contributed by atoms with E-state index in [1.54, 1.807) is 17.4 Å². The van der Waals surface area contributed by atoms with Gasteiger partial charge in [-0.3, -0.25) is 35.8 Å². The number of piperidine rings is 5. The molecule has 774 valence electrons. The van der Waals surface area contributed by atoms with E-state index in [2.05, 4.69) is 179 Å². The third kappa shape index (κ3) is 18.0. The van der Waals surface area contributed by atoms with Crippen molar-refractivity contribution in [3.63, 3.8) is 0 Å². The molecule has 26 rings (SSSR count). The fourth-order valence-electron chi connectivity index (χ4n) is 28.6. The van der Waals surface area contributed by atoms with E-state index in [0.717, 1.165) is 229 Å². The van der Waals surface area contributed by atoms with Gasteiger partial charge in [-0.25, -0.2) is 54.8 Å². The van der Waals surface area contributed by atoms with Crippen LogP contribution in [-0.4, -0.2) is 232 Å². The lowest BCUT2D eigenvalue weighted by Gasteiger charge is -2.43. The number of nitrogens with zero attached hydrogens (tertiary/aromatic N) is 26. The molecule has 0 bridgehead atoms. The summed E-state index contributed by atoms with van der Waals surface area (Å²) in [6.07, 6.45) is 59.7.